The van der Waals surface area contributed by atoms with Crippen LogP contribution in [0.2, 0.25) is 0 Å². The molecule has 0 radical (unpaired) electrons. The van der Waals surface area contributed by atoms with E-state index in [-0.39, 0.29) is 56.4 Å². The summed E-state index contributed by atoms with van der Waals surface area (Å²) in [4.78, 5) is 121. The first-order valence-electron chi connectivity index (χ1n) is 21.0. The first-order chi connectivity index (χ1) is 29.7. The third-order valence-electron chi connectivity index (χ3n) is 9.37. The highest BCUT2D eigenvalue weighted by Gasteiger charge is 2.34. The molecule has 0 aromatic rings. The Morgan fingerprint density at radius 2 is 0.922 bits per heavy atom. The van der Waals surface area contributed by atoms with Gasteiger partial charge >= 0.3 is 5.97 Å². The number of hydrogen-bond acceptors (Lipinski definition) is 14. The van der Waals surface area contributed by atoms with E-state index in [1.54, 1.807) is 20.1 Å². The van der Waals surface area contributed by atoms with Crippen molar-refractivity contribution in [2.24, 2.45) is 34.0 Å². The number of carboxylic acid groups (broad SMARTS) is 1. The number of guanidine groups is 1. The van der Waals surface area contributed by atoms with Gasteiger partial charge in [-0.15, -0.1) is 0 Å². The predicted molar refractivity (Wildman–Crippen MR) is 239 cm³/mol. The third-order valence-corrected chi connectivity index (χ3v) is 10.0. The lowest BCUT2D eigenvalue weighted by atomic mass is 10.0. The van der Waals surface area contributed by atoms with Gasteiger partial charge in [0.2, 0.25) is 47.3 Å². The number of hydrogen-bond donors (Lipinski definition) is 14. The average molecular weight is 933 g/mol. The highest BCUT2D eigenvalue weighted by molar-refractivity contribution is 7.98. The first kappa shape index (κ1) is 58.7. The fourth-order valence-corrected chi connectivity index (χ4v) is 6.11. The molecule has 17 N–H and O–H groups in total. The molecule has 0 aromatic heterocycles. The minimum atomic E-state index is -1.54. The van der Waals surface area contributed by atoms with Crippen molar-refractivity contribution >= 4 is 70.9 Å². The van der Waals surface area contributed by atoms with Gasteiger partial charge in [0.1, 0.15) is 54.4 Å². The van der Waals surface area contributed by atoms with Crippen LogP contribution in [0.25, 0.3) is 0 Å². The zero-order valence-corrected chi connectivity index (χ0v) is 39.0. The maximum absolute atomic E-state index is 13.8. The topological polar surface area (TPSA) is 401 Å². The van der Waals surface area contributed by atoms with Crippen molar-refractivity contribution in [1.29, 1.82) is 0 Å². The van der Waals surface area contributed by atoms with E-state index in [2.05, 4.69) is 47.5 Å². The third kappa shape index (κ3) is 22.9. The fraction of sp³-hybridized carbons (Fsp3) is 0.744. The number of aliphatic hydroxyl groups is 2. The van der Waals surface area contributed by atoms with Crippen molar-refractivity contribution < 1.29 is 58.5 Å². The van der Waals surface area contributed by atoms with Crippen LogP contribution >= 0.6 is 11.8 Å². The molecule has 0 fully saturated rings. The number of carboxylic acids is 1. The molecule has 0 bridgehead atoms. The van der Waals surface area contributed by atoms with Gasteiger partial charge < -0.3 is 75.1 Å². The molecule has 0 heterocycles. The van der Waals surface area contributed by atoms with Gasteiger partial charge in [0.25, 0.3) is 0 Å². The van der Waals surface area contributed by atoms with Crippen LogP contribution in [-0.2, 0) is 43.2 Å². The van der Waals surface area contributed by atoms with Crippen LogP contribution < -0.4 is 59.7 Å². The molecule has 25 heteroatoms. The molecule has 0 unspecified atom stereocenters. The van der Waals surface area contributed by atoms with E-state index in [0.717, 1.165) is 0 Å². The molecule has 0 rings (SSSR count). The summed E-state index contributed by atoms with van der Waals surface area (Å²) in [5, 5.41) is 48.2. The number of carbonyl (C=O) groups excluding carboxylic acids is 8. The molecular weight excluding hydrogens is 861 g/mol. The zero-order valence-electron chi connectivity index (χ0n) is 38.2. The van der Waals surface area contributed by atoms with E-state index in [1.165, 1.54) is 39.5 Å². The van der Waals surface area contributed by atoms with Gasteiger partial charge in [0.15, 0.2) is 5.96 Å². The van der Waals surface area contributed by atoms with E-state index >= 15 is 0 Å². The molecule has 0 saturated carbocycles. The Bertz CT molecular complexity index is 1610. The van der Waals surface area contributed by atoms with Crippen LogP contribution in [0.4, 0.5) is 0 Å². The Balaban J connectivity index is 6.19. The van der Waals surface area contributed by atoms with Gasteiger partial charge in [-0.3, -0.25) is 48.1 Å². The van der Waals surface area contributed by atoms with E-state index in [4.69, 9.17) is 22.3 Å². The van der Waals surface area contributed by atoms with Gasteiger partial charge in [0.05, 0.1) is 12.7 Å². The Morgan fingerprint density at radius 1 is 0.547 bits per heavy atom. The number of nitrogens with zero attached hydrogens (tertiary/aromatic N) is 1. The minimum Gasteiger partial charge on any atom is -0.480 e. The van der Waals surface area contributed by atoms with Gasteiger partial charge in [-0.05, 0) is 83.6 Å². The van der Waals surface area contributed by atoms with Crippen molar-refractivity contribution in [3.05, 3.63) is 0 Å². The van der Waals surface area contributed by atoms with Gasteiger partial charge in [-0.2, -0.15) is 11.8 Å². The summed E-state index contributed by atoms with van der Waals surface area (Å²) in [5.41, 5.74) is 16.6. The Hall–Kier alpha value is -5.27. The minimum absolute atomic E-state index is 0.0388. The van der Waals surface area contributed by atoms with E-state index in [9.17, 15) is 53.4 Å². The lowest BCUT2D eigenvalue weighted by Gasteiger charge is -2.27. The second-order valence-corrected chi connectivity index (χ2v) is 17.3. The van der Waals surface area contributed by atoms with E-state index in [0.29, 0.717) is 5.75 Å². The molecule has 24 nitrogen and oxygen atoms in total. The summed E-state index contributed by atoms with van der Waals surface area (Å²) >= 11 is 1.42. The highest BCUT2D eigenvalue weighted by Crippen LogP contribution is 2.10. The molecule has 0 spiro atoms. The number of thioether (sulfide) groups is 1. The fourth-order valence-electron chi connectivity index (χ4n) is 5.64. The summed E-state index contributed by atoms with van der Waals surface area (Å²) in [6.07, 6.45) is 1.15. The predicted octanol–water partition coefficient (Wildman–Crippen LogP) is -4.39. The van der Waals surface area contributed by atoms with Crippen LogP contribution in [0.1, 0.15) is 87.5 Å². The van der Waals surface area contributed by atoms with Crippen LogP contribution in [0.15, 0.2) is 4.99 Å². The van der Waals surface area contributed by atoms with E-state index in [1.807, 2.05) is 13.8 Å². The van der Waals surface area contributed by atoms with Crippen LogP contribution in [0.3, 0.4) is 0 Å². The monoisotopic (exact) mass is 933 g/mol. The van der Waals surface area contributed by atoms with Crippen molar-refractivity contribution in [1.82, 2.24) is 42.5 Å². The second-order valence-electron chi connectivity index (χ2n) is 16.3. The van der Waals surface area contributed by atoms with Crippen molar-refractivity contribution in [2.75, 3.05) is 25.2 Å². The molecule has 8 amide bonds. The molecule has 0 aliphatic carbocycles. The molecule has 64 heavy (non-hydrogen) atoms. The SMILES string of the molecule is CSCC[C@H](NC(=O)[C@@H](N)[C@@H](C)O)C(=O)N[C@@H](CC(C)C)C(=O)N[C@@H](C)C(=O)N[C@@H](CCCN=C(N)N)C(=O)N[C@@H](CC(C)C)C(=O)N[C@@H](C)C(=O)N[C@@H](CO)C(=O)N[C@@H](C)C(=O)O. The lowest BCUT2D eigenvalue weighted by Crippen LogP contribution is -2.60. The number of aliphatic hydroxyl groups excluding tert-OH is 2. The Labute approximate surface area is 378 Å². The largest absolute Gasteiger partial charge is 0.480 e. The van der Waals surface area contributed by atoms with Crippen LogP contribution in [0, 0.1) is 11.8 Å². The summed E-state index contributed by atoms with van der Waals surface area (Å²) in [6.45, 7) is 11.5. The first-order valence-corrected chi connectivity index (χ1v) is 22.4. The maximum atomic E-state index is 13.8. The molecule has 10 atom stereocenters. The molecule has 0 aliphatic rings. The molecule has 0 saturated heterocycles. The molecule has 366 valence electrons. The summed E-state index contributed by atoms with van der Waals surface area (Å²) < 4.78 is 0. The lowest BCUT2D eigenvalue weighted by molar-refractivity contribution is -0.142. The average Bonchev–Trinajstić information content (AvgIpc) is 3.20. The highest BCUT2D eigenvalue weighted by atomic mass is 32.2. The molecule has 0 aromatic carbocycles. The van der Waals surface area contributed by atoms with Gasteiger partial charge in [0, 0.05) is 6.54 Å². The Kier molecular flexibility index (Phi) is 27.5. The number of amides is 8. The van der Waals surface area contributed by atoms with Crippen LogP contribution in [0.5, 0.6) is 0 Å². The summed E-state index contributed by atoms with van der Waals surface area (Å²) in [7, 11) is 0. The van der Waals surface area contributed by atoms with Crippen molar-refractivity contribution in [2.45, 2.75) is 148 Å². The smallest absolute Gasteiger partial charge is 0.325 e. The zero-order chi connectivity index (χ0) is 49.4. The van der Waals surface area contributed by atoms with Gasteiger partial charge in [-0.25, -0.2) is 0 Å². The molecular formula is C39H72N12O12S. The Morgan fingerprint density at radius 3 is 1.31 bits per heavy atom. The van der Waals surface area contributed by atoms with E-state index < -0.39 is 120 Å². The van der Waals surface area contributed by atoms with Gasteiger partial charge in [-0.1, -0.05) is 27.7 Å². The maximum Gasteiger partial charge on any atom is 0.325 e. The van der Waals surface area contributed by atoms with Crippen molar-refractivity contribution in [3.8, 4) is 0 Å². The normalized spacial score (nSPS) is 15.8. The number of aliphatic carboxylic acids is 1. The molecule has 0 aliphatic heterocycles. The summed E-state index contributed by atoms with van der Waals surface area (Å²) in [5.74, 6) is -7.88. The number of nitrogens with one attached hydrogen (secondary N) is 8. The quantitative estimate of drug-likeness (QED) is 0.0184. The number of nitrogens with two attached hydrogens (primary N) is 3. The standard InChI is InChI=1S/C39H72N12O12S/c1-18(2)15-26(34(58)45-21(6)31(55)51-28(17-52)36(60)46-22(7)38(62)63)49-32(56)24(11-10-13-43-39(41)42)47-30(54)20(5)44-35(59)27(16-19(3)4)50-33(57)25(12-14-64-9)48-37(61)29(40)23(8)53/h18-29,52-53H,10-17,40H2,1-9H3,(H,44,59)(H,45,58)(H,46,60)(H,47,54)(H,48,61)(H,49,56)(H,50,57)(H,51,55)(H,62,63)(H4,41,42,43)/t20-,21-,22-,23+,24-,25-,26-,27-,28-,29-/m0/s1. The number of carbonyl (C=O) groups is 9. The van der Waals surface area contributed by atoms with Crippen molar-refractivity contribution in [3.63, 3.8) is 0 Å². The number of aliphatic imine (C=N–C) groups is 1. The summed E-state index contributed by atoms with van der Waals surface area (Å²) in [6, 6.07) is -11.6. The van der Waals surface area contributed by atoms with Crippen LogP contribution in [-0.4, -0.2) is 160 Å². The number of rotatable bonds is 30. The second kappa shape index (κ2) is 30.0.